The first-order valence-corrected chi connectivity index (χ1v) is 6.22. The molecule has 0 radical (unpaired) electrons. The predicted molar refractivity (Wildman–Crippen MR) is 75.4 cm³/mol. The van der Waals surface area contributed by atoms with E-state index in [1.165, 1.54) is 6.07 Å². The van der Waals surface area contributed by atoms with Gasteiger partial charge in [-0.3, -0.25) is 4.79 Å². The molecule has 0 aromatic heterocycles. The first-order valence-electron chi connectivity index (χ1n) is 6.22. The van der Waals surface area contributed by atoms with Crippen LogP contribution in [0.25, 0.3) is 0 Å². The van der Waals surface area contributed by atoms with Crippen molar-refractivity contribution in [3.8, 4) is 5.75 Å². The van der Waals surface area contributed by atoms with Crippen LogP contribution in [0.4, 0.5) is 14.5 Å². The third kappa shape index (κ3) is 4.17. The van der Waals surface area contributed by atoms with E-state index in [0.29, 0.717) is 16.8 Å². The Hall–Kier alpha value is -2.63. The highest BCUT2D eigenvalue weighted by Gasteiger charge is 2.09. The van der Waals surface area contributed by atoms with Gasteiger partial charge in [0.05, 0.1) is 0 Å². The van der Waals surface area contributed by atoms with Crippen molar-refractivity contribution < 1.29 is 18.3 Å². The summed E-state index contributed by atoms with van der Waals surface area (Å²) in [6.07, 6.45) is 0. The number of hydrogen-bond donors (Lipinski definition) is 2. The molecule has 0 aliphatic rings. The lowest BCUT2D eigenvalue weighted by Crippen LogP contribution is -2.11. The van der Waals surface area contributed by atoms with Gasteiger partial charge in [0.15, 0.2) is 0 Å². The number of halogens is 2. The highest BCUT2D eigenvalue weighted by atomic mass is 19.3. The number of nitrogens with one attached hydrogen (secondary N) is 1. The third-order valence-corrected chi connectivity index (χ3v) is 2.82. The maximum atomic E-state index is 12.3. The maximum absolute atomic E-state index is 12.3. The van der Waals surface area contributed by atoms with Gasteiger partial charge in [0, 0.05) is 23.4 Å². The van der Waals surface area contributed by atoms with Crippen molar-refractivity contribution in [3.05, 3.63) is 59.7 Å². The fourth-order valence-corrected chi connectivity index (χ4v) is 1.84. The number of amides is 1. The molecule has 6 heteroatoms. The quantitative estimate of drug-likeness (QED) is 0.860. The molecule has 0 saturated carbocycles. The Morgan fingerprint density at radius 3 is 2.67 bits per heavy atom. The lowest BCUT2D eigenvalue weighted by molar-refractivity contribution is -0.0504. The summed E-state index contributed by atoms with van der Waals surface area (Å²) in [6.45, 7) is -2.59. The van der Waals surface area contributed by atoms with E-state index in [1.807, 2.05) is 0 Å². The van der Waals surface area contributed by atoms with Gasteiger partial charge in [0.1, 0.15) is 5.75 Å². The maximum Gasteiger partial charge on any atom is 0.387 e. The van der Waals surface area contributed by atoms with Gasteiger partial charge in [-0.2, -0.15) is 8.78 Å². The zero-order valence-electron chi connectivity index (χ0n) is 11.1. The molecule has 2 aromatic carbocycles. The van der Waals surface area contributed by atoms with Crippen molar-refractivity contribution in [2.45, 2.75) is 13.2 Å². The minimum Gasteiger partial charge on any atom is -0.434 e. The van der Waals surface area contributed by atoms with Gasteiger partial charge in [-0.25, -0.2) is 0 Å². The number of carbonyl (C=O) groups is 1. The van der Waals surface area contributed by atoms with Gasteiger partial charge in [0.25, 0.3) is 0 Å². The molecule has 0 bridgehead atoms. The summed E-state index contributed by atoms with van der Waals surface area (Å²) in [5.74, 6) is -0.411. The number of benzene rings is 2. The first kappa shape index (κ1) is 14.8. The lowest BCUT2D eigenvalue weighted by Gasteiger charge is -2.12. The monoisotopic (exact) mass is 292 g/mol. The van der Waals surface area contributed by atoms with Crippen LogP contribution in [0.2, 0.25) is 0 Å². The van der Waals surface area contributed by atoms with E-state index < -0.39 is 12.5 Å². The molecule has 0 saturated heterocycles. The summed E-state index contributed by atoms with van der Waals surface area (Å²) in [6, 6.07) is 13.1. The number of carbonyl (C=O) groups excluding carboxylic acids is 1. The second-order valence-corrected chi connectivity index (χ2v) is 4.28. The van der Waals surface area contributed by atoms with Gasteiger partial charge in [-0.05, 0) is 24.3 Å². The Morgan fingerprint density at radius 1 is 1.19 bits per heavy atom. The molecule has 0 atom stereocenters. The van der Waals surface area contributed by atoms with E-state index in [9.17, 15) is 13.6 Å². The van der Waals surface area contributed by atoms with E-state index in [-0.39, 0.29) is 12.3 Å². The molecule has 0 aliphatic carbocycles. The van der Waals surface area contributed by atoms with Crippen LogP contribution < -0.4 is 15.8 Å². The molecule has 110 valence electrons. The van der Waals surface area contributed by atoms with Crippen molar-refractivity contribution in [2.75, 3.05) is 5.32 Å². The van der Waals surface area contributed by atoms with Crippen LogP contribution in [0.3, 0.4) is 0 Å². The molecule has 0 unspecified atom stereocenters. The van der Waals surface area contributed by atoms with E-state index >= 15 is 0 Å². The number of alkyl halides is 2. The summed E-state index contributed by atoms with van der Waals surface area (Å²) in [5.41, 5.74) is 6.82. The second kappa shape index (κ2) is 6.69. The SMILES string of the molecule is NC(=O)c1cccc(NCc2ccccc2OC(F)F)c1. The van der Waals surface area contributed by atoms with Crippen molar-refractivity contribution in [1.82, 2.24) is 0 Å². The third-order valence-electron chi connectivity index (χ3n) is 2.82. The number of anilines is 1. The van der Waals surface area contributed by atoms with Crippen LogP contribution in [0.15, 0.2) is 48.5 Å². The Kier molecular flexibility index (Phi) is 4.71. The number of ether oxygens (including phenoxy) is 1. The van der Waals surface area contributed by atoms with E-state index in [0.717, 1.165) is 0 Å². The fraction of sp³-hybridized carbons (Fsp3) is 0.133. The summed E-state index contributed by atoms with van der Waals surface area (Å²) in [7, 11) is 0. The Balaban J connectivity index is 2.09. The van der Waals surface area contributed by atoms with Crippen LogP contribution >= 0.6 is 0 Å². The van der Waals surface area contributed by atoms with Crippen molar-refractivity contribution in [3.63, 3.8) is 0 Å². The predicted octanol–water partition coefficient (Wildman–Crippen LogP) is 3.00. The normalized spacial score (nSPS) is 10.4. The standard InChI is InChI=1S/C15H14F2N2O2/c16-15(17)21-13-7-2-1-4-11(13)9-19-12-6-3-5-10(8-12)14(18)20/h1-8,15,19H,9H2,(H2,18,20). The second-order valence-electron chi connectivity index (χ2n) is 4.28. The lowest BCUT2D eigenvalue weighted by atomic mass is 10.1. The van der Waals surface area contributed by atoms with Crippen molar-refractivity contribution in [2.24, 2.45) is 5.73 Å². The number of rotatable bonds is 6. The molecule has 2 rings (SSSR count). The summed E-state index contributed by atoms with van der Waals surface area (Å²) in [4.78, 5) is 11.1. The zero-order chi connectivity index (χ0) is 15.2. The molecule has 2 aromatic rings. The Morgan fingerprint density at radius 2 is 1.95 bits per heavy atom. The van der Waals surface area contributed by atoms with Gasteiger partial charge in [-0.15, -0.1) is 0 Å². The minimum atomic E-state index is -2.87. The highest BCUT2D eigenvalue weighted by molar-refractivity contribution is 5.93. The molecule has 0 fully saturated rings. The average Bonchev–Trinajstić information content (AvgIpc) is 2.46. The molecule has 4 nitrogen and oxygen atoms in total. The van der Waals surface area contributed by atoms with Crippen molar-refractivity contribution in [1.29, 1.82) is 0 Å². The molecule has 0 heterocycles. The number of hydrogen-bond acceptors (Lipinski definition) is 3. The van der Waals surface area contributed by atoms with Gasteiger partial charge < -0.3 is 15.8 Å². The van der Waals surface area contributed by atoms with E-state index in [1.54, 1.807) is 42.5 Å². The van der Waals surface area contributed by atoms with Crippen LogP contribution in [0.5, 0.6) is 5.75 Å². The minimum absolute atomic E-state index is 0.117. The summed E-state index contributed by atoms with van der Waals surface area (Å²) >= 11 is 0. The van der Waals surface area contributed by atoms with Gasteiger partial charge >= 0.3 is 6.61 Å². The molecule has 3 N–H and O–H groups in total. The van der Waals surface area contributed by atoms with Crippen LogP contribution in [0, 0.1) is 0 Å². The molecule has 0 aliphatic heterocycles. The van der Waals surface area contributed by atoms with E-state index in [2.05, 4.69) is 10.1 Å². The van der Waals surface area contributed by atoms with E-state index in [4.69, 9.17) is 5.73 Å². The highest BCUT2D eigenvalue weighted by Crippen LogP contribution is 2.21. The smallest absolute Gasteiger partial charge is 0.387 e. The van der Waals surface area contributed by atoms with Gasteiger partial charge in [0.2, 0.25) is 5.91 Å². The van der Waals surface area contributed by atoms with Crippen LogP contribution in [0.1, 0.15) is 15.9 Å². The largest absolute Gasteiger partial charge is 0.434 e. The first-order chi connectivity index (χ1) is 10.1. The molecular weight excluding hydrogens is 278 g/mol. The van der Waals surface area contributed by atoms with Gasteiger partial charge in [-0.1, -0.05) is 24.3 Å². The molecular formula is C15H14F2N2O2. The van der Waals surface area contributed by atoms with Crippen LogP contribution in [-0.4, -0.2) is 12.5 Å². The molecule has 21 heavy (non-hydrogen) atoms. The average molecular weight is 292 g/mol. The number of primary amides is 1. The number of para-hydroxylation sites is 1. The number of nitrogens with two attached hydrogens (primary N) is 1. The Labute approximate surface area is 120 Å². The zero-order valence-corrected chi connectivity index (χ0v) is 11.1. The Bertz CT molecular complexity index is 633. The van der Waals surface area contributed by atoms with Crippen LogP contribution in [-0.2, 0) is 6.54 Å². The fourth-order valence-electron chi connectivity index (χ4n) is 1.84. The summed E-state index contributed by atoms with van der Waals surface area (Å²) in [5, 5.41) is 3.04. The molecule has 1 amide bonds. The van der Waals surface area contributed by atoms with Crippen molar-refractivity contribution >= 4 is 11.6 Å². The molecule has 0 spiro atoms. The topological polar surface area (TPSA) is 64.4 Å². The summed E-state index contributed by atoms with van der Waals surface area (Å²) < 4.78 is 29.1.